The van der Waals surface area contributed by atoms with E-state index in [0.717, 1.165) is 0 Å². The van der Waals surface area contributed by atoms with Crippen LogP contribution in [0.3, 0.4) is 0 Å². The summed E-state index contributed by atoms with van der Waals surface area (Å²) in [6.07, 6.45) is -2.28. The van der Waals surface area contributed by atoms with E-state index in [9.17, 15) is 38.3 Å². The van der Waals surface area contributed by atoms with Crippen LogP contribution in [-0.4, -0.2) is 64.7 Å². The van der Waals surface area contributed by atoms with Gasteiger partial charge in [-0.1, -0.05) is 20.8 Å². The molecule has 7 N–H and O–H groups in total. The predicted octanol–water partition coefficient (Wildman–Crippen LogP) is 1.01. The summed E-state index contributed by atoms with van der Waals surface area (Å²) in [5.41, 5.74) is 4.97. The number of nitrogens with two attached hydrogens (primary N) is 1. The number of phosphoric acid groups is 3. The molecule has 5 unspecified atom stereocenters. The first kappa shape index (κ1) is 30.0. The number of nitrogen functional groups attached to an aromatic ring is 1. The summed E-state index contributed by atoms with van der Waals surface area (Å²) < 4.78 is 60.3. The molecule has 7 atom stereocenters. The highest BCUT2D eigenvalue weighted by atomic mass is 31.3. The van der Waals surface area contributed by atoms with Crippen molar-refractivity contribution in [3.63, 3.8) is 0 Å². The molecule has 18 nitrogen and oxygen atoms in total. The second-order valence-electron chi connectivity index (χ2n) is 8.59. The number of aliphatic hydroxyl groups is 1. The van der Waals surface area contributed by atoms with Crippen molar-refractivity contribution in [1.82, 2.24) is 19.5 Å². The minimum Gasteiger partial charge on any atom is -0.390 e. The second kappa shape index (κ2) is 11.3. The molecular weight excluding hydrogens is 563 g/mol. The monoisotopic (exact) mass is 591 g/mol. The number of aliphatic hydroxyl groups excluding tert-OH is 1. The number of fused-ring (bicyclic) bond motifs is 1. The Balaban J connectivity index is 1.58. The number of hydrogen-bond acceptors (Lipinski definition) is 13. The van der Waals surface area contributed by atoms with Crippen LogP contribution in [0.5, 0.6) is 0 Å². The van der Waals surface area contributed by atoms with Crippen LogP contribution in [0.2, 0.25) is 0 Å². The van der Waals surface area contributed by atoms with Crippen molar-refractivity contribution in [3.05, 3.63) is 16.7 Å². The number of ether oxygens (including phenoxy) is 1. The van der Waals surface area contributed by atoms with Gasteiger partial charge in [0.15, 0.2) is 11.2 Å². The van der Waals surface area contributed by atoms with Crippen molar-refractivity contribution >= 4 is 40.6 Å². The number of phosphoric ester groups is 2. The molecule has 2 aromatic heterocycles. The minimum atomic E-state index is -5.63. The van der Waals surface area contributed by atoms with Gasteiger partial charge in [-0.3, -0.25) is 23.4 Å². The first-order valence-electron chi connectivity index (χ1n) is 10.7. The van der Waals surface area contributed by atoms with Crippen LogP contribution in [0.1, 0.15) is 33.4 Å². The molecule has 210 valence electrons. The number of hydrogen-bond donors (Lipinski definition) is 6. The molecule has 3 heterocycles. The largest absolute Gasteiger partial charge is 0.490 e. The SMILES string of the molecule is CC(C)C(C)COP(=O)(O)OP(=O)(O)OP(=O)(O)OC[C@H]1O[C@@H](n2cnc3c(=O)[nH]c(N)nc32)CC1O. The third-order valence-electron chi connectivity index (χ3n) is 5.42. The maximum atomic E-state index is 12.2. The van der Waals surface area contributed by atoms with Crippen molar-refractivity contribution < 1.29 is 55.9 Å². The minimum absolute atomic E-state index is 0.0391. The molecule has 0 radical (unpaired) electrons. The lowest BCUT2D eigenvalue weighted by atomic mass is 10.00. The van der Waals surface area contributed by atoms with Gasteiger partial charge in [-0.25, -0.2) is 18.7 Å². The van der Waals surface area contributed by atoms with Gasteiger partial charge in [-0.2, -0.15) is 13.6 Å². The van der Waals surface area contributed by atoms with Crippen LogP contribution in [0.4, 0.5) is 5.95 Å². The van der Waals surface area contributed by atoms with Gasteiger partial charge < -0.3 is 30.3 Å². The predicted molar refractivity (Wildman–Crippen MR) is 125 cm³/mol. The van der Waals surface area contributed by atoms with E-state index in [1.165, 1.54) is 10.9 Å². The Bertz CT molecular complexity index is 1310. The zero-order chi connectivity index (χ0) is 27.8. The molecule has 0 amide bonds. The second-order valence-corrected chi connectivity index (χ2v) is 13.2. The van der Waals surface area contributed by atoms with E-state index in [2.05, 4.69) is 32.6 Å². The van der Waals surface area contributed by atoms with Gasteiger partial charge in [-0.15, -0.1) is 0 Å². The summed E-state index contributed by atoms with van der Waals surface area (Å²) in [4.78, 5) is 51.2. The molecule has 0 aliphatic carbocycles. The highest BCUT2D eigenvalue weighted by Crippen LogP contribution is 2.67. The number of nitrogens with zero attached hydrogens (tertiary/aromatic N) is 3. The maximum Gasteiger partial charge on any atom is 0.490 e. The van der Waals surface area contributed by atoms with Crippen LogP contribution in [0.25, 0.3) is 11.2 Å². The van der Waals surface area contributed by atoms with Gasteiger partial charge in [0.25, 0.3) is 5.56 Å². The van der Waals surface area contributed by atoms with Crippen LogP contribution < -0.4 is 11.3 Å². The van der Waals surface area contributed by atoms with Gasteiger partial charge in [-0.05, 0) is 11.8 Å². The molecule has 1 aliphatic rings. The number of aromatic amines is 1. The molecule has 37 heavy (non-hydrogen) atoms. The van der Waals surface area contributed by atoms with E-state index in [0.29, 0.717) is 0 Å². The zero-order valence-corrected chi connectivity index (χ0v) is 22.5. The number of rotatable bonds is 12. The van der Waals surface area contributed by atoms with E-state index in [1.54, 1.807) is 6.92 Å². The fourth-order valence-corrected chi connectivity index (χ4v) is 6.69. The van der Waals surface area contributed by atoms with E-state index >= 15 is 0 Å². The number of H-pyrrole nitrogens is 1. The third kappa shape index (κ3) is 7.99. The quantitative estimate of drug-likeness (QED) is 0.188. The molecule has 1 fully saturated rings. The summed E-state index contributed by atoms with van der Waals surface area (Å²) in [7, 11) is -16.1. The Morgan fingerprint density at radius 2 is 1.78 bits per heavy atom. The van der Waals surface area contributed by atoms with Crippen molar-refractivity contribution in [2.24, 2.45) is 11.8 Å². The lowest BCUT2D eigenvalue weighted by Gasteiger charge is -2.21. The Labute approximate surface area is 209 Å². The molecule has 0 saturated carbocycles. The highest BCUT2D eigenvalue weighted by Gasteiger charge is 2.44. The molecule has 1 saturated heterocycles. The summed E-state index contributed by atoms with van der Waals surface area (Å²) >= 11 is 0. The lowest BCUT2D eigenvalue weighted by Crippen LogP contribution is -2.26. The molecule has 3 rings (SSSR count). The Morgan fingerprint density at radius 1 is 1.16 bits per heavy atom. The molecule has 21 heteroatoms. The lowest BCUT2D eigenvalue weighted by molar-refractivity contribution is -0.0423. The van der Waals surface area contributed by atoms with E-state index in [1.807, 2.05) is 13.8 Å². The summed E-state index contributed by atoms with van der Waals surface area (Å²) in [6, 6.07) is 0. The zero-order valence-electron chi connectivity index (χ0n) is 19.8. The average molecular weight is 591 g/mol. The first-order valence-corrected chi connectivity index (χ1v) is 15.2. The first-order chi connectivity index (χ1) is 17.0. The number of imidazole rings is 1. The van der Waals surface area contributed by atoms with Crippen molar-refractivity contribution in [1.29, 1.82) is 0 Å². The Hall–Kier alpha value is -1.52. The van der Waals surface area contributed by atoms with Gasteiger partial charge >= 0.3 is 23.5 Å². The summed E-state index contributed by atoms with van der Waals surface area (Å²) in [6.45, 7) is 4.21. The number of aromatic nitrogens is 4. The van der Waals surface area contributed by atoms with Crippen molar-refractivity contribution in [2.75, 3.05) is 18.9 Å². The van der Waals surface area contributed by atoms with Crippen LogP contribution in [-0.2, 0) is 36.1 Å². The fourth-order valence-electron chi connectivity index (χ4n) is 3.08. The molecule has 0 bridgehead atoms. The van der Waals surface area contributed by atoms with Crippen LogP contribution in [0, 0.1) is 11.8 Å². The third-order valence-corrected chi connectivity index (χ3v) is 9.67. The standard InChI is InChI=1S/C16H28N5O13P3/c1-8(2)9(3)5-30-35(24,25)33-37(28,29)34-36(26,27)31-6-11-10(22)4-12(32-11)21-7-18-13-14(21)19-16(17)20-15(13)23/h7-12,22H,4-6H2,1-3H3,(H,24,25)(H,26,27)(H,28,29)(H3,17,19,20,23)/t9?,10?,11-,12-/m1/s1. The van der Waals surface area contributed by atoms with Gasteiger partial charge in [0.2, 0.25) is 5.95 Å². The van der Waals surface area contributed by atoms with Crippen LogP contribution >= 0.6 is 23.5 Å². The number of nitrogens with one attached hydrogen (secondary N) is 1. The summed E-state index contributed by atoms with van der Waals surface area (Å²) in [5, 5.41) is 10.3. The van der Waals surface area contributed by atoms with Crippen molar-refractivity contribution in [2.45, 2.75) is 45.6 Å². The smallest absolute Gasteiger partial charge is 0.390 e. The van der Waals surface area contributed by atoms with E-state index in [-0.39, 0.29) is 42.0 Å². The number of anilines is 1. The Morgan fingerprint density at radius 3 is 2.41 bits per heavy atom. The average Bonchev–Trinajstić information content (AvgIpc) is 3.32. The highest BCUT2D eigenvalue weighted by molar-refractivity contribution is 7.66. The van der Waals surface area contributed by atoms with Gasteiger partial charge in [0.1, 0.15) is 12.3 Å². The molecule has 0 spiro atoms. The fraction of sp³-hybridized carbons (Fsp3) is 0.688. The van der Waals surface area contributed by atoms with Gasteiger partial charge in [0.05, 0.1) is 25.6 Å². The molecule has 1 aliphatic heterocycles. The van der Waals surface area contributed by atoms with Gasteiger partial charge in [0, 0.05) is 6.42 Å². The van der Waals surface area contributed by atoms with E-state index in [4.69, 9.17) is 10.5 Å². The van der Waals surface area contributed by atoms with Crippen LogP contribution in [0.15, 0.2) is 11.1 Å². The Kier molecular flexibility index (Phi) is 9.17. The molecule has 0 aromatic carbocycles. The summed E-state index contributed by atoms with van der Waals surface area (Å²) in [5.74, 6) is -0.342. The molecule has 2 aromatic rings. The normalized spacial score (nSPS) is 26.1. The maximum absolute atomic E-state index is 12.2. The molecular formula is C16H28N5O13P3. The topological polar surface area (TPSA) is 268 Å². The van der Waals surface area contributed by atoms with E-state index < -0.39 is 54.1 Å². The van der Waals surface area contributed by atoms with Crippen molar-refractivity contribution in [3.8, 4) is 0 Å².